The summed E-state index contributed by atoms with van der Waals surface area (Å²) in [5.41, 5.74) is 8.62. The highest BCUT2D eigenvalue weighted by molar-refractivity contribution is 7.19. The molecule has 4 nitrogen and oxygen atoms in total. The molecule has 0 unspecified atom stereocenters. The maximum atomic E-state index is 4.83. The first-order chi connectivity index (χ1) is 15.3. The second-order valence-electron chi connectivity index (χ2n) is 7.06. The minimum atomic E-state index is 0.772. The van der Waals surface area contributed by atoms with Gasteiger partial charge in [-0.2, -0.15) is 5.10 Å². The smallest absolute Gasteiger partial charge is 0.204 e. The Hall–Kier alpha value is -3.44. The summed E-state index contributed by atoms with van der Waals surface area (Å²) < 4.78 is 0. The highest BCUT2D eigenvalue weighted by atomic mass is 32.1. The van der Waals surface area contributed by atoms with Crippen LogP contribution >= 0.6 is 11.3 Å². The summed E-state index contributed by atoms with van der Waals surface area (Å²) in [4.78, 5) is 8.29. The van der Waals surface area contributed by atoms with Crippen LogP contribution in [0.5, 0.6) is 0 Å². The Morgan fingerprint density at radius 2 is 1.45 bits per heavy atom. The van der Waals surface area contributed by atoms with Crippen LogP contribution in [-0.4, -0.2) is 24.3 Å². The fourth-order valence-electron chi connectivity index (χ4n) is 3.47. The van der Waals surface area contributed by atoms with Crippen molar-refractivity contribution in [2.24, 2.45) is 5.10 Å². The summed E-state index contributed by atoms with van der Waals surface area (Å²) in [6.45, 7) is 6.35. The maximum absolute atomic E-state index is 4.83. The largest absolute Gasteiger partial charge is 0.372 e. The topological polar surface area (TPSA) is 40.5 Å². The van der Waals surface area contributed by atoms with Crippen molar-refractivity contribution in [1.82, 2.24) is 4.98 Å². The molecule has 0 radical (unpaired) electrons. The summed E-state index contributed by atoms with van der Waals surface area (Å²) >= 11 is 1.61. The maximum Gasteiger partial charge on any atom is 0.204 e. The molecule has 0 aliphatic carbocycles. The molecule has 0 aliphatic rings. The predicted octanol–water partition coefficient (Wildman–Crippen LogP) is 6.77. The number of nitrogens with zero attached hydrogens (tertiary/aromatic N) is 3. The molecule has 0 aliphatic heterocycles. The molecule has 1 heterocycles. The molecular weight excluding hydrogens is 400 g/mol. The van der Waals surface area contributed by atoms with Gasteiger partial charge in [0.2, 0.25) is 5.13 Å². The standard InChI is InChI=1S/C26H26N4S/c1-3-30(4-2)23-17-15-20(16-18-23)19-27-29-26-28-24(21-11-7-5-8-12-21)25(31-26)22-13-9-6-10-14-22/h5-19H,3-4H2,1-2H3,(H,28,29)/b27-19+. The lowest BCUT2D eigenvalue weighted by Crippen LogP contribution is -2.21. The average molecular weight is 427 g/mol. The highest BCUT2D eigenvalue weighted by Gasteiger charge is 2.14. The number of rotatable bonds is 8. The van der Waals surface area contributed by atoms with Gasteiger partial charge in [0.1, 0.15) is 0 Å². The number of thiazole rings is 1. The molecule has 0 spiro atoms. The second kappa shape index (κ2) is 10.0. The van der Waals surface area contributed by atoms with E-state index in [1.807, 2.05) is 30.5 Å². The fourth-order valence-corrected chi connectivity index (χ4v) is 4.41. The van der Waals surface area contributed by atoms with Crippen molar-refractivity contribution in [3.63, 3.8) is 0 Å². The van der Waals surface area contributed by atoms with E-state index >= 15 is 0 Å². The average Bonchev–Trinajstić information content (AvgIpc) is 3.26. The number of anilines is 2. The summed E-state index contributed by atoms with van der Waals surface area (Å²) in [6.07, 6.45) is 1.83. The van der Waals surface area contributed by atoms with Crippen molar-refractivity contribution < 1.29 is 0 Å². The van der Waals surface area contributed by atoms with Gasteiger partial charge in [-0.1, -0.05) is 84.1 Å². The third-order valence-corrected chi connectivity index (χ3v) is 6.11. The minimum Gasteiger partial charge on any atom is -0.372 e. The van der Waals surface area contributed by atoms with Crippen molar-refractivity contribution in [1.29, 1.82) is 0 Å². The van der Waals surface area contributed by atoms with E-state index in [4.69, 9.17) is 4.98 Å². The number of hydrogen-bond donors (Lipinski definition) is 1. The van der Waals surface area contributed by atoms with Crippen molar-refractivity contribution in [3.05, 3.63) is 90.5 Å². The van der Waals surface area contributed by atoms with E-state index < -0.39 is 0 Å². The lowest BCUT2D eigenvalue weighted by molar-refractivity contribution is 0.866. The van der Waals surface area contributed by atoms with Crippen LogP contribution < -0.4 is 10.3 Å². The van der Waals surface area contributed by atoms with Gasteiger partial charge in [-0.25, -0.2) is 4.98 Å². The van der Waals surface area contributed by atoms with Crippen LogP contribution in [0.4, 0.5) is 10.8 Å². The van der Waals surface area contributed by atoms with E-state index in [9.17, 15) is 0 Å². The van der Waals surface area contributed by atoms with Gasteiger partial charge in [-0.15, -0.1) is 0 Å². The highest BCUT2D eigenvalue weighted by Crippen LogP contribution is 2.38. The first-order valence-corrected chi connectivity index (χ1v) is 11.4. The number of hydrazone groups is 1. The number of benzene rings is 3. The Morgan fingerprint density at radius 3 is 2.06 bits per heavy atom. The van der Waals surface area contributed by atoms with Crippen molar-refractivity contribution in [3.8, 4) is 21.7 Å². The van der Waals surface area contributed by atoms with Gasteiger partial charge in [-0.3, -0.25) is 5.43 Å². The molecule has 1 aromatic heterocycles. The second-order valence-corrected chi connectivity index (χ2v) is 8.06. The molecule has 0 atom stereocenters. The quantitative estimate of drug-likeness (QED) is 0.250. The van der Waals surface area contributed by atoms with Crippen molar-refractivity contribution in [2.75, 3.05) is 23.4 Å². The first-order valence-electron chi connectivity index (χ1n) is 10.5. The van der Waals surface area contributed by atoms with Crippen molar-refractivity contribution >= 4 is 28.4 Å². The summed E-state index contributed by atoms with van der Waals surface area (Å²) in [5.74, 6) is 0. The van der Waals surface area contributed by atoms with Crippen LogP contribution in [0, 0.1) is 0 Å². The van der Waals surface area contributed by atoms with Crippen LogP contribution in [0.15, 0.2) is 90.0 Å². The normalized spacial score (nSPS) is 11.0. The van der Waals surface area contributed by atoms with Gasteiger partial charge in [0, 0.05) is 24.3 Å². The SMILES string of the molecule is CCN(CC)c1ccc(/C=N/Nc2nc(-c3ccccc3)c(-c3ccccc3)s2)cc1. The van der Waals surface area contributed by atoms with E-state index in [0.717, 1.165) is 45.5 Å². The Balaban J connectivity index is 1.54. The van der Waals surface area contributed by atoms with E-state index in [-0.39, 0.29) is 0 Å². The van der Waals surface area contributed by atoms with E-state index in [2.05, 4.69) is 89.9 Å². The van der Waals surface area contributed by atoms with Crippen LogP contribution in [0.3, 0.4) is 0 Å². The summed E-state index contributed by atoms with van der Waals surface area (Å²) in [6, 6.07) is 29.1. The Labute approximate surface area is 187 Å². The van der Waals surface area contributed by atoms with Gasteiger partial charge < -0.3 is 4.90 Å². The van der Waals surface area contributed by atoms with Gasteiger partial charge in [-0.05, 0) is 37.1 Å². The lowest BCUT2D eigenvalue weighted by Gasteiger charge is -2.20. The molecule has 5 heteroatoms. The molecule has 0 saturated heterocycles. The molecule has 0 amide bonds. The third kappa shape index (κ3) is 5.01. The van der Waals surface area contributed by atoms with Crippen LogP contribution in [-0.2, 0) is 0 Å². The molecule has 4 rings (SSSR count). The zero-order chi connectivity index (χ0) is 21.5. The number of nitrogens with one attached hydrogen (secondary N) is 1. The molecule has 0 saturated carbocycles. The summed E-state index contributed by atoms with van der Waals surface area (Å²) in [5, 5.41) is 5.20. The molecule has 31 heavy (non-hydrogen) atoms. The van der Waals surface area contributed by atoms with Gasteiger partial charge >= 0.3 is 0 Å². The molecule has 3 aromatic carbocycles. The molecule has 1 N–H and O–H groups in total. The van der Waals surface area contributed by atoms with E-state index in [1.54, 1.807) is 11.3 Å². The molecule has 0 fully saturated rings. The molecule has 0 bridgehead atoms. The van der Waals surface area contributed by atoms with Gasteiger partial charge in [0.15, 0.2) is 0 Å². The lowest BCUT2D eigenvalue weighted by atomic mass is 10.1. The zero-order valence-corrected chi connectivity index (χ0v) is 18.6. The molecule has 4 aromatic rings. The predicted molar refractivity (Wildman–Crippen MR) is 134 cm³/mol. The molecular formula is C26H26N4S. The third-order valence-electron chi connectivity index (χ3n) is 5.11. The molecule has 156 valence electrons. The van der Waals surface area contributed by atoms with Gasteiger partial charge in [0.25, 0.3) is 0 Å². The minimum absolute atomic E-state index is 0.772. The number of hydrogen-bond acceptors (Lipinski definition) is 5. The fraction of sp³-hybridized carbons (Fsp3) is 0.154. The van der Waals surface area contributed by atoms with Gasteiger partial charge in [0.05, 0.1) is 16.8 Å². The summed E-state index contributed by atoms with van der Waals surface area (Å²) in [7, 11) is 0. The Bertz CT molecular complexity index is 1060. The van der Waals surface area contributed by atoms with E-state index in [0.29, 0.717) is 0 Å². The van der Waals surface area contributed by atoms with Crippen molar-refractivity contribution in [2.45, 2.75) is 13.8 Å². The first kappa shape index (κ1) is 20.8. The number of aromatic nitrogens is 1. The van der Waals surface area contributed by atoms with Crippen LogP contribution in [0.25, 0.3) is 21.7 Å². The van der Waals surface area contributed by atoms with Crippen LogP contribution in [0.1, 0.15) is 19.4 Å². The van der Waals surface area contributed by atoms with E-state index in [1.165, 1.54) is 5.69 Å². The zero-order valence-electron chi connectivity index (χ0n) is 17.8. The Morgan fingerprint density at radius 1 is 0.839 bits per heavy atom. The monoisotopic (exact) mass is 426 g/mol. The Kier molecular flexibility index (Phi) is 6.75. The van der Waals surface area contributed by atoms with Crippen LogP contribution in [0.2, 0.25) is 0 Å².